The van der Waals surface area contributed by atoms with Crippen LogP contribution in [0.5, 0.6) is 0 Å². The summed E-state index contributed by atoms with van der Waals surface area (Å²) in [6.45, 7) is 0. The molecule has 2 bridgehead atoms. The highest BCUT2D eigenvalue weighted by molar-refractivity contribution is 7.92. The number of fused-ring (bicyclic) bond motifs is 3. The summed E-state index contributed by atoms with van der Waals surface area (Å²) >= 11 is 0. The smallest absolute Gasteiger partial charge is 0.168 e. The Balaban J connectivity index is 1.68. The van der Waals surface area contributed by atoms with E-state index < -0.39 is 32.1 Å². The number of rotatable bonds is 2. The topological polar surface area (TPSA) is 64.1 Å². The van der Waals surface area contributed by atoms with Crippen LogP contribution in [0.1, 0.15) is 42.5 Å². The number of hydrogen-bond donors (Lipinski definition) is 0. The van der Waals surface area contributed by atoms with Crippen molar-refractivity contribution in [2.45, 2.75) is 42.6 Å². The predicted octanol–water partition coefficient (Wildman–Crippen LogP) is 3.30. The lowest BCUT2D eigenvalue weighted by Gasteiger charge is -2.38. The van der Waals surface area contributed by atoms with Gasteiger partial charge in [-0.15, -0.1) is 0 Å². The molecule has 0 spiro atoms. The van der Waals surface area contributed by atoms with E-state index in [1.165, 1.54) is 6.07 Å². The molecule has 2 aliphatic heterocycles. The Bertz CT molecular complexity index is 905. The van der Waals surface area contributed by atoms with E-state index in [1.807, 2.05) is 0 Å². The number of carbonyl (C=O) groups is 1. The summed E-state index contributed by atoms with van der Waals surface area (Å²) in [5.74, 6) is -1.26. The lowest BCUT2D eigenvalue weighted by atomic mass is 9.84. The van der Waals surface area contributed by atoms with Gasteiger partial charge in [0.05, 0.1) is 21.6 Å². The van der Waals surface area contributed by atoms with E-state index in [0.717, 1.165) is 6.42 Å². The van der Waals surface area contributed by atoms with Crippen molar-refractivity contribution < 1.29 is 17.6 Å². The molecule has 2 unspecified atom stereocenters. The Morgan fingerprint density at radius 2 is 1.88 bits per heavy atom. The Morgan fingerprint density at radius 1 is 1.17 bits per heavy atom. The molecule has 2 saturated heterocycles. The molecule has 4 nitrogen and oxygen atoms in total. The summed E-state index contributed by atoms with van der Waals surface area (Å²) in [6, 6.07) is 6.35. The van der Waals surface area contributed by atoms with Gasteiger partial charge in [-0.2, -0.15) is 0 Å². The number of sulfone groups is 1. The fourth-order valence-corrected chi connectivity index (χ4v) is 6.66. The van der Waals surface area contributed by atoms with E-state index >= 15 is 0 Å². The molecule has 2 aromatic rings. The molecule has 0 amide bonds. The van der Waals surface area contributed by atoms with Gasteiger partial charge >= 0.3 is 0 Å². The molecule has 126 valence electrons. The quantitative estimate of drug-likeness (QED) is 0.782. The molecule has 6 heteroatoms. The zero-order chi connectivity index (χ0) is 16.9. The predicted molar refractivity (Wildman–Crippen MR) is 89.1 cm³/mol. The number of ketones is 1. The molecule has 4 rings (SSSR count). The highest BCUT2D eigenvalue weighted by Gasteiger charge is 2.46. The maximum absolute atomic E-state index is 14.4. The van der Waals surface area contributed by atoms with E-state index in [-0.39, 0.29) is 11.3 Å². The van der Waals surface area contributed by atoms with Crippen LogP contribution in [0, 0.1) is 11.7 Å². The van der Waals surface area contributed by atoms with Crippen molar-refractivity contribution in [3.05, 3.63) is 41.8 Å². The summed E-state index contributed by atoms with van der Waals surface area (Å²) < 4.78 is 39.1. The number of Topliss-reactive ketones (excluding diaryl/α,β-unsaturated/α-hetero) is 1. The van der Waals surface area contributed by atoms with Crippen molar-refractivity contribution in [3.8, 4) is 0 Å². The maximum Gasteiger partial charge on any atom is 0.168 e. The molecule has 2 aliphatic rings. The fourth-order valence-electron chi connectivity index (χ4n) is 4.13. The third-order valence-corrected chi connectivity index (χ3v) is 8.12. The van der Waals surface area contributed by atoms with Crippen LogP contribution in [-0.4, -0.2) is 29.7 Å². The lowest BCUT2D eigenvalue weighted by molar-refractivity contribution is 0.0890. The van der Waals surface area contributed by atoms with Gasteiger partial charge in [-0.1, -0.05) is 12.5 Å². The van der Waals surface area contributed by atoms with Crippen LogP contribution in [-0.2, 0) is 9.84 Å². The first-order valence-corrected chi connectivity index (χ1v) is 9.89. The first-order valence-electron chi connectivity index (χ1n) is 8.28. The molecule has 1 aromatic carbocycles. The van der Waals surface area contributed by atoms with Gasteiger partial charge in [-0.3, -0.25) is 9.78 Å². The van der Waals surface area contributed by atoms with Gasteiger partial charge in [0.15, 0.2) is 15.6 Å². The lowest BCUT2D eigenvalue weighted by Crippen LogP contribution is -2.45. The first-order chi connectivity index (χ1) is 11.5. The second-order valence-corrected chi connectivity index (χ2v) is 9.34. The van der Waals surface area contributed by atoms with Crippen molar-refractivity contribution in [3.63, 3.8) is 0 Å². The van der Waals surface area contributed by atoms with Crippen LogP contribution in [0.25, 0.3) is 10.9 Å². The zero-order valence-corrected chi connectivity index (χ0v) is 13.9. The van der Waals surface area contributed by atoms with Gasteiger partial charge in [0.2, 0.25) is 0 Å². The van der Waals surface area contributed by atoms with E-state index in [1.54, 1.807) is 24.4 Å². The standard InChI is InChI=1S/C18H18FNO3S/c19-16-10-17-11(3-2-6-20-17)9-15(16)18(21)12-7-13-4-1-5-14(8-12)24(13,22)23/h2-3,6,9-10,12-14H,1,4-5,7-8H2. The number of nitrogens with zero attached hydrogens (tertiary/aromatic N) is 1. The van der Waals surface area contributed by atoms with E-state index in [0.29, 0.717) is 36.6 Å². The summed E-state index contributed by atoms with van der Waals surface area (Å²) in [4.78, 5) is 16.9. The third kappa shape index (κ3) is 2.44. The van der Waals surface area contributed by atoms with Crippen LogP contribution in [0.3, 0.4) is 0 Å². The summed E-state index contributed by atoms with van der Waals surface area (Å²) in [6.07, 6.45) is 4.35. The molecule has 2 fully saturated rings. The van der Waals surface area contributed by atoms with Crippen LogP contribution in [0.15, 0.2) is 30.5 Å². The van der Waals surface area contributed by atoms with Gasteiger partial charge in [0.1, 0.15) is 5.82 Å². The molecule has 0 aliphatic carbocycles. The number of pyridine rings is 1. The molecule has 0 radical (unpaired) electrons. The molecule has 24 heavy (non-hydrogen) atoms. The number of halogens is 1. The molecule has 2 atom stereocenters. The van der Waals surface area contributed by atoms with Crippen LogP contribution in [0.2, 0.25) is 0 Å². The van der Waals surface area contributed by atoms with Crippen molar-refractivity contribution in [1.82, 2.24) is 4.98 Å². The van der Waals surface area contributed by atoms with Crippen LogP contribution in [0.4, 0.5) is 4.39 Å². The maximum atomic E-state index is 14.4. The van der Waals surface area contributed by atoms with Crippen LogP contribution >= 0.6 is 0 Å². The largest absolute Gasteiger partial charge is 0.294 e. The van der Waals surface area contributed by atoms with E-state index in [2.05, 4.69) is 4.98 Å². The van der Waals surface area contributed by atoms with Crippen LogP contribution < -0.4 is 0 Å². The van der Waals surface area contributed by atoms with Gasteiger partial charge in [0.25, 0.3) is 0 Å². The first kappa shape index (κ1) is 15.7. The second-order valence-electron chi connectivity index (χ2n) is 6.82. The SMILES string of the molecule is O=C(c1cc2cccnc2cc1F)C1CC2CCCC(C1)S2(=O)=O. The number of carbonyl (C=O) groups excluding carboxylic acids is 1. The molecular formula is C18H18FNO3S. The van der Waals surface area contributed by atoms with Crippen molar-refractivity contribution in [1.29, 1.82) is 0 Å². The molecule has 3 heterocycles. The Kier molecular flexibility index (Phi) is 3.67. The Labute approximate surface area is 140 Å². The Hall–Kier alpha value is -1.82. The summed E-state index contributed by atoms with van der Waals surface area (Å²) in [7, 11) is -3.11. The molecule has 1 aromatic heterocycles. The minimum Gasteiger partial charge on any atom is -0.294 e. The summed E-state index contributed by atoms with van der Waals surface area (Å²) in [5.41, 5.74) is 0.563. The molecular weight excluding hydrogens is 329 g/mol. The fraction of sp³-hybridized carbons (Fsp3) is 0.444. The van der Waals surface area contributed by atoms with Crippen molar-refractivity contribution in [2.75, 3.05) is 0 Å². The third-order valence-electron chi connectivity index (χ3n) is 5.40. The van der Waals surface area contributed by atoms with E-state index in [4.69, 9.17) is 0 Å². The van der Waals surface area contributed by atoms with Gasteiger partial charge in [-0.05, 0) is 37.8 Å². The van der Waals surface area contributed by atoms with Gasteiger partial charge < -0.3 is 0 Å². The minimum atomic E-state index is -3.11. The molecule has 0 N–H and O–H groups in total. The molecule has 0 saturated carbocycles. The average molecular weight is 347 g/mol. The highest BCUT2D eigenvalue weighted by Crippen LogP contribution is 2.40. The highest BCUT2D eigenvalue weighted by atomic mass is 32.2. The Morgan fingerprint density at radius 3 is 2.58 bits per heavy atom. The zero-order valence-electron chi connectivity index (χ0n) is 13.1. The number of aromatic nitrogens is 1. The van der Waals surface area contributed by atoms with Gasteiger partial charge in [-0.25, -0.2) is 12.8 Å². The van der Waals surface area contributed by atoms with Crippen molar-refractivity contribution in [2.24, 2.45) is 5.92 Å². The minimum absolute atomic E-state index is 0.0536. The normalized spacial score (nSPS) is 28.6. The van der Waals surface area contributed by atoms with E-state index in [9.17, 15) is 17.6 Å². The van der Waals surface area contributed by atoms with Gasteiger partial charge in [0, 0.05) is 23.6 Å². The number of benzene rings is 1. The number of hydrogen-bond acceptors (Lipinski definition) is 4. The monoisotopic (exact) mass is 347 g/mol. The van der Waals surface area contributed by atoms with Crippen molar-refractivity contribution >= 4 is 26.5 Å². The second kappa shape index (κ2) is 5.62. The average Bonchev–Trinajstić information content (AvgIpc) is 2.52. The summed E-state index contributed by atoms with van der Waals surface area (Å²) in [5, 5.41) is -0.167.